The molecule has 358 valence electrons. The van der Waals surface area contributed by atoms with Crippen molar-refractivity contribution in [1.29, 1.82) is 0 Å². The van der Waals surface area contributed by atoms with E-state index < -0.39 is 11.9 Å². The van der Waals surface area contributed by atoms with E-state index in [4.69, 9.17) is 9.47 Å². The van der Waals surface area contributed by atoms with Crippen molar-refractivity contribution in [3.05, 3.63) is 51.9 Å². The molecule has 1 saturated carbocycles. The predicted octanol–water partition coefficient (Wildman–Crippen LogP) is 10.4. The summed E-state index contributed by atoms with van der Waals surface area (Å²) in [6.45, 7) is 27.4. The molecule has 1 aromatic heterocycles. The number of methoxy groups -OCH3 is 1. The molecule has 6 rings (SSSR count). The van der Waals surface area contributed by atoms with Crippen LogP contribution < -0.4 is 16.0 Å². The van der Waals surface area contributed by atoms with E-state index in [1.165, 1.54) is 91.3 Å². The third-order valence-electron chi connectivity index (χ3n) is 17.2. The quantitative estimate of drug-likeness (QED) is 0.0580. The zero-order valence-corrected chi connectivity index (χ0v) is 41.9. The third kappa shape index (κ3) is 11.4. The highest BCUT2D eigenvalue weighted by atomic mass is 16.5. The normalized spacial score (nSPS) is 32.4. The van der Waals surface area contributed by atoms with Crippen molar-refractivity contribution in [3.8, 4) is 0 Å². The topological polar surface area (TPSA) is 122 Å². The molecule has 1 aromatic rings. The van der Waals surface area contributed by atoms with E-state index in [1.54, 1.807) is 0 Å². The number of fused-ring (bicyclic) bond motifs is 8. The Kier molecular flexibility index (Phi) is 17.8. The van der Waals surface area contributed by atoms with Crippen LogP contribution in [-0.4, -0.2) is 72.7 Å². The Balaban J connectivity index is 1.12. The number of ether oxygens (including phenoxy) is 2. The maximum atomic E-state index is 14.6. The molecule has 4 N–H and O–H groups in total. The number of rotatable bonds is 20. The first kappa shape index (κ1) is 50.4. The number of nitrogens with one attached hydrogen (secondary N) is 4. The van der Waals surface area contributed by atoms with Gasteiger partial charge < -0.3 is 30.4 Å². The Morgan fingerprint density at radius 3 is 2.17 bits per heavy atom. The van der Waals surface area contributed by atoms with Crippen molar-refractivity contribution in [2.75, 3.05) is 13.7 Å². The van der Waals surface area contributed by atoms with Crippen molar-refractivity contribution < 1.29 is 23.9 Å². The Labute approximate surface area is 388 Å². The van der Waals surface area contributed by atoms with Gasteiger partial charge in [0, 0.05) is 78.7 Å². The average Bonchev–Trinajstić information content (AvgIpc) is 3.99. The van der Waals surface area contributed by atoms with Gasteiger partial charge in [-0.15, -0.1) is 0 Å². The number of hydrogen-bond acceptors (Lipinski definition) is 8. The van der Waals surface area contributed by atoms with Gasteiger partial charge in [-0.2, -0.15) is 0 Å². The van der Waals surface area contributed by atoms with Crippen molar-refractivity contribution in [2.24, 2.45) is 53.3 Å². The second-order valence-corrected chi connectivity index (χ2v) is 21.9. The molecule has 1 aliphatic carbocycles. The molecular formula is C55H88N4O5. The lowest BCUT2D eigenvalue weighted by atomic mass is 9.75. The number of ketones is 1. The van der Waals surface area contributed by atoms with Crippen LogP contribution in [0.2, 0.25) is 0 Å². The highest BCUT2D eigenvalue weighted by molar-refractivity contribution is 6.03. The second-order valence-electron chi connectivity index (χ2n) is 21.9. The molecule has 9 nitrogen and oxygen atoms in total. The minimum Gasteiger partial charge on any atom is -0.468 e. The number of Topliss-reactive ketones (excluding diaryl/α,β-unsaturated/α-hetero) is 1. The van der Waals surface area contributed by atoms with Crippen LogP contribution in [0.15, 0.2) is 29.4 Å². The Morgan fingerprint density at radius 2 is 1.52 bits per heavy atom. The minimum absolute atomic E-state index is 0.0101. The maximum absolute atomic E-state index is 14.6. The van der Waals surface area contributed by atoms with Gasteiger partial charge in [-0.25, -0.2) is 0 Å². The summed E-state index contributed by atoms with van der Waals surface area (Å²) in [4.78, 5) is 45.7. The number of aromatic amines is 1. The molecule has 2 saturated heterocycles. The van der Waals surface area contributed by atoms with E-state index >= 15 is 0 Å². The van der Waals surface area contributed by atoms with Gasteiger partial charge in [0.25, 0.3) is 0 Å². The SMILES string of the molecule is C=Cc1c2[nH]c(c1C)CC1NC(C3C(C(=O)OC)C(=O)C4C(C)C(CC5NC(C2)C(C)=C5CC)NC43)[C@@H](CCC(=O)OC/C=C(\C)CCC[C@H](C)CCC[C@H](C)CCCC(C)C)[C@@H]1C. The molecular weight excluding hydrogens is 797 g/mol. The number of aromatic nitrogens is 1. The molecule has 3 fully saturated rings. The van der Waals surface area contributed by atoms with E-state index in [2.05, 4.69) is 103 Å². The van der Waals surface area contributed by atoms with Gasteiger partial charge >= 0.3 is 11.9 Å². The van der Waals surface area contributed by atoms with Crippen molar-refractivity contribution in [2.45, 2.75) is 202 Å². The number of H-pyrrole nitrogens is 1. The van der Waals surface area contributed by atoms with Crippen LogP contribution in [0.5, 0.6) is 0 Å². The van der Waals surface area contributed by atoms with Gasteiger partial charge in [-0.3, -0.25) is 14.4 Å². The van der Waals surface area contributed by atoms with Crippen LogP contribution >= 0.6 is 0 Å². The van der Waals surface area contributed by atoms with Gasteiger partial charge in [0.15, 0.2) is 5.78 Å². The minimum atomic E-state index is -0.856. The molecule has 8 bridgehead atoms. The Morgan fingerprint density at radius 1 is 0.844 bits per heavy atom. The van der Waals surface area contributed by atoms with Gasteiger partial charge in [0.2, 0.25) is 0 Å². The third-order valence-corrected chi connectivity index (χ3v) is 17.2. The van der Waals surface area contributed by atoms with Crippen LogP contribution in [0.3, 0.4) is 0 Å². The van der Waals surface area contributed by atoms with Gasteiger partial charge in [0.1, 0.15) is 12.5 Å². The zero-order valence-electron chi connectivity index (χ0n) is 41.9. The van der Waals surface area contributed by atoms with Crippen LogP contribution in [0, 0.1) is 60.2 Å². The zero-order chi connectivity index (χ0) is 46.4. The number of carbonyl (C=O) groups is 3. The molecule has 5 aliphatic rings. The lowest BCUT2D eigenvalue weighted by Gasteiger charge is -2.34. The van der Waals surface area contributed by atoms with E-state index in [0.29, 0.717) is 13.0 Å². The molecule has 10 unspecified atom stereocenters. The summed E-state index contributed by atoms with van der Waals surface area (Å²) in [7, 11) is 1.40. The Bertz CT molecular complexity index is 1840. The summed E-state index contributed by atoms with van der Waals surface area (Å²) < 4.78 is 11.3. The highest BCUT2D eigenvalue weighted by Gasteiger charge is 2.64. The maximum Gasteiger partial charge on any atom is 0.316 e. The molecule has 0 aromatic carbocycles. The molecule has 9 heteroatoms. The van der Waals surface area contributed by atoms with Crippen LogP contribution in [0.4, 0.5) is 0 Å². The van der Waals surface area contributed by atoms with Crippen LogP contribution in [0.25, 0.3) is 6.08 Å². The molecule has 5 heterocycles. The van der Waals surface area contributed by atoms with Crippen molar-refractivity contribution in [3.63, 3.8) is 0 Å². The predicted molar refractivity (Wildman–Crippen MR) is 261 cm³/mol. The summed E-state index contributed by atoms with van der Waals surface area (Å²) in [5.41, 5.74) is 8.99. The summed E-state index contributed by atoms with van der Waals surface area (Å²) >= 11 is 0. The molecule has 0 amide bonds. The summed E-state index contributed by atoms with van der Waals surface area (Å²) in [5, 5.41) is 12.1. The first-order valence-corrected chi connectivity index (χ1v) is 25.8. The van der Waals surface area contributed by atoms with Gasteiger partial charge in [-0.05, 0) is 106 Å². The average molecular weight is 885 g/mol. The summed E-state index contributed by atoms with van der Waals surface area (Å²) in [6.07, 6.45) is 20.0. The fourth-order valence-corrected chi connectivity index (χ4v) is 13.2. The van der Waals surface area contributed by atoms with Gasteiger partial charge in [0.05, 0.1) is 7.11 Å². The fraction of sp³-hybridized carbons (Fsp3) is 0.764. The van der Waals surface area contributed by atoms with Crippen LogP contribution in [-0.2, 0) is 36.7 Å². The molecule has 0 radical (unpaired) electrons. The summed E-state index contributed by atoms with van der Waals surface area (Å²) in [5.74, 6) is 0.605. The highest BCUT2D eigenvalue weighted by Crippen LogP contribution is 2.51. The lowest BCUT2D eigenvalue weighted by molar-refractivity contribution is -0.151. The van der Waals surface area contributed by atoms with E-state index in [-0.39, 0.29) is 84.0 Å². The van der Waals surface area contributed by atoms with Crippen molar-refractivity contribution >= 4 is 23.8 Å². The first-order chi connectivity index (χ1) is 30.6. The van der Waals surface area contributed by atoms with Crippen LogP contribution in [0.1, 0.15) is 168 Å². The number of allylic oxidation sites excluding steroid dienone is 1. The monoisotopic (exact) mass is 885 g/mol. The van der Waals surface area contributed by atoms with E-state index in [0.717, 1.165) is 56.3 Å². The smallest absolute Gasteiger partial charge is 0.316 e. The molecule has 0 spiro atoms. The van der Waals surface area contributed by atoms with Gasteiger partial charge in [-0.1, -0.05) is 123 Å². The first-order valence-electron chi connectivity index (χ1n) is 25.8. The largest absolute Gasteiger partial charge is 0.468 e. The summed E-state index contributed by atoms with van der Waals surface area (Å²) in [6, 6.07) is 0.290. The molecule has 14 atom stereocenters. The number of carbonyl (C=O) groups excluding carboxylic acids is 3. The standard InChI is InChI=1S/C55H88N4O5/c1-13-39-35(8)42-28-44-37(10)41(24-25-48(60)64-27-26-34(7)23-17-22-33(6)21-16-20-32(5)19-15-18-31(3)4)52(58-44)50-51(55(62)63-12)54(61)49-38(11)45(59-53(49)50)30-47-40(14-2)36(9)43(57-47)29-46(39)56-42/h13,26,31-33,37-38,41,43-45,47,49-53,56-59H,1,14-25,27-30H2,2-12H3/b34-26+/t32-,33-,37+,38?,41+,43?,44?,45?,47?,49?,50?,51?,52?,53?/m1/s1. The lowest BCUT2D eigenvalue weighted by Crippen LogP contribution is -2.51. The molecule has 64 heavy (non-hydrogen) atoms. The van der Waals surface area contributed by atoms with E-state index in [9.17, 15) is 14.4 Å². The van der Waals surface area contributed by atoms with Crippen molar-refractivity contribution in [1.82, 2.24) is 20.9 Å². The molecule has 4 aliphatic heterocycles. The second kappa shape index (κ2) is 22.7. The number of esters is 2. The Hall–Kier alpha value is -3.01. The van der Waals surface area contributed by atoms with E-state index in [1.807, 2.05) is 6.08 Å². The number of hydrogen-bond donors (Lipinski definition) is 4. The fourth-order valence-electron chi connectivity index (χ4n) is 13.2.